The van der Waals surface area contributed by atoms with Crippen LogP contribution in [0, 0.1) is 0 Å². The van der Waals surface area contributed by atoms with Crippen LogP contribution in [0.1, 0.15) is 10.4 Å². The Bertz CT molecular complexity index is 873. The van der Waals surface area contributed by atoms with E-state index in [1.165, 1.54) is 18.2 Å². The van der Waals surface area contributed by atoms with Gasteiger partial charge in [0.2, 0.25) is 0 Å². The molecule has 0 aliphatic rings. The molecule has 1 aromatic carbocycles. The van der Waals surface area contributed by atoms with Crippen molar-refractivity contribution in [2.75, 3.05) is 11.9 Å². The molecule has 0 spiro atoms. The van der Waals surface area contributed by atoms with E-state index in [0.717, 1.165) is 21.4 Å². The van der Waals surface area contributed by atoms with Crippen LogP contribution in [0.3, 0.4) is 0 Å². The Kier molecular flexibility index (Phi) is 5.32. The first kappa shape index (κ1) is 18.1. The predicted octanol–water partition coefficient (Wildman–Crippen LogP) is 5.39. The van der Waals surface area contributed by atoms with E-state index in [0.29, 0.717) is 13.0 Å². The summed E-state index contributed by atoms with van der Waals surface area (Å²) in [5.41, 5.74) is -0.162. The number of carbonyl (C=O) groups is 1. The number of benzene rings is 1. The first-order valence-corrected chi connectivity index (χ1v) is 8.57. The van der Waals surface area contributed by atoms with Crippen LogP contribution in [0.15, 0.2) is 59.4 Å². The third kappa shape index (κ3) is 4.45. The van der Waals surface area contributed by atoms with E-state index in [-0.39, 0.29) is 5.69 Å². The number of carbonyl (C=O) groups excluding carboxylic acids is 1. The van der Waals surface area contributed by atoms with Crippen molar-refractivity contribution in [2.45, 2.75) is 12.6 Å². The van der Waals surface area contributed by atoms with Gasteiger partial charge in [-0.2, -0.15) is 13.2 Å². The standard InChI is InChI=1S/C18H15F3N2O2S/c19-18(20,21)14-3-1-2-4-15(14)23-17(24)22-9-7-13-5-6-16(26-13)12-8-10-25-11-12/h1-6,8,10-11H,7,9H2,(H2,22,23,24). The highest BCUT2D eigenvalue weighted by Crippen LogP contribution is 2.34. The lowest BCUT2D eigenvalue weighted by Crippen LogP contribution is -2.31. The van der Waals surface area contributed by atoms with Gasteiger partial charge in [0, 0.05) is 21.9 Å². The molecule has 0 saturated carbocycles. The van der Waals surface area contributed by atoms with Gasteiger partial charge in [0.25, 0.3) is 0 Å². The molecule has 0 atom stereocenters. The zero-order valence-electron chi connectivity index (χ0n) is 13.5. The second-order valence-electron chi connectivity index (χ2n) is 5.45. The molecule has 136 valence electrons. The fourth-order valence-corrected chi connectivity index (χ4v) is 3.37. The summed E-state index contributed by atoms with van der Waals surface area (Å²) in [6, 6.07) is 9.97. The maximum Gasteiger partial charge on any atom is 0.418 e. The number of alkyl halides is 3. The lowest BCUT2D eigenvalue weighted by Gasteiger charge is -2.13. The minimum atomic E-state index is -4.52. The Balaban J connectivity index is 1.53. The van der Waals surface area contributed by atoms with Crippen LogP contribution in [-0.4, -0.2) is 12.6 Å². The maximum atomic E-state index is 12.9. The van der Waals surface area contributed by atoms with Crippen LogP contribution in [0.4, 0.5) is 23.7 Å². The van der Waals surface area contributed by atoms with Crippen molar-refractivity contribution in [3.05, 3.63) is 65.4 Å². The van der Waals surface area contributed by atoms with Crippen molar-refractivity contribution < 1.29 is 22.4 Å². The molecule has 0 aliphatic carbocycles. The van der Waals surface area contributed by atoms with Crippen molar-refractivity contribution >= 4 is 23.1 Å². The molecule has 0 radical (unpaired) electrons. The van der Waals surface area contributed by atoms with E-state index in [1.54, 1.807) is 23.9 Å². The molecule has 26 heavy (non-hydrogen) atoms. The van der Waals surface area contributed by atoms with Gasteiger partial charge in [-0.05, 0) is 36.8 Å². The van der Waals surface area contributed by atoms with Crippen molar-refractivity contribution in [1.29, 1.82) is 0 Å². The summed E-state index contributed by atoms with van der Waals surface area (Å²) in [7, 11) is 0. The maximum absolute atomic E-state index is 12.9. The topological polar surface area (TPSA) is 54.3 Å². The Morgan fingerprint density at radius 2 is 1.92 bits per heavy atom. The normalized spacial score (nSPS) is 11.3. The van der Waals surface area contributed by atoms with Crippen molar-refractivity contribution in [1.82, 2.24) is 5.32 Å². The molecule has 0 bridgehead atoms. The van der Waals surface area contributed by atoms with E-state index in [4.69, 9.17) is 4.42 Å². The second kappa shape index (κ2) is 7.65. The number of anilines is 1. The minimum absolute atomic E-state index is 0.268. The van der Waals surface area contributed by atoms with E-state index in [2.05, 4.69) is 10.6 Å². The molecule has 2 aromatic heterocycles. The summed E-state index contributed by atoms with van der Waals surface area (Å²) >= 11 is 1.57. The lowest BCUT2D eigenvalue weighted by molar-refractivity contribution is -0.136. The Labute approximate surface area is 151 Å². The van der Waals surface area contributed by atoms with Crippen LogP contribution in [-0.2, 0) is 12.6 Å². The summed E-state index contributed by atoms with van der Waals surface area (Å²) in [4.78, 5) is 14.0. The highest BCUT2D eigenvalue weighted by Gasteiger charge is 2.33. The van der Waals surface area contributed by atoms with Gasteiger partial charge >= 0.3 is 12.2 Å². The molecule has 0 aliphatic heterocycles. The van der Waals surface area contributed by atoms with Crippen molar-refractivity contribution in [2.24, 2.45) is 0 Å². The number of furan rings is 1. The number of nitrogens with one attached hydrogen (secondary N) is 2. The molecule has 0 unspecified atom stereocenters. The number of para-hydroxylation sites is 1. The van der Waals surface area contributed by atoms with Gasteiger partial charge < -0.3 is 15.1 Å². The summed E-state index contributed by atoms with van der Waals surface area (Å²) in [5.74, 6) is 0. The summed E-state index contributed by atoms with van der Waals surface area (Å²) < 4.78 is 43.8. The predicted molar refractivity (Wildman–Crippen MR) is 94.2 cm³/mol. The fraction of sp³-hybridized carbons (Fsp3) is 0.167. The molecule has 3 rings (SSSR count). The smallest absolute Gasteiger partial charge is 0.418 e. The van der Waals surface area contributed by atoms with Gasteiger partial charge in [-0.25, -0.2) is 4.79 Å². The Hall–Kier alpha value is -2.74. The van der Waals surface area contributed by atoms with Gasteiger partial charge in [-0.15, -0.1) is 11.3 Å². The van der Waals surface area contributed by atoms with Gasteiger partial charge in [0.05, 0.1) is 23.8 Å². The summed E-state index contributed by atoms with van der Waals surface area (Å²) in [5, 5.41) is 4.82. The van der Waals surface area contributed by atoms with Gasteiger partial charge in [-0.1, -0.05) is 12.1 Å². The van der Waals surface area contributed by atoms with E-state index in [1.807, 2.05) is 18.2 Å². The molecule has 2 N–H and O–H groups in total. The monoisotopic (exact) mass is 380 g/mol. The van der Waals surface area contributed by atoms with Gasteiger partial charge in [-0.3, -0.25) is 0 Å². The molecule has 3 aromatic rings. The number of amides is 2. The number of hydrogen-bond donors (Lipinski definition) is 2. The van der Waals surface area contributed by atoms with Crippen LogP contribution in [0.25, 0.3) is 10.4 Å². The molecule has 8 heteroatoms. The summed E-state index contributed by atoms with van der Waals surface area (Å²) in [6.45, 7) is 0.311. The van der Waals surface area contributed by atoms with Gasteiger partial charge in [0.1, 0.15) is 0 Å². The molecule has 0 fully saturated rings. The van der Waals surface area contributed by atoms with E-state index in [9.17, 15) is 18.0 Å². The van der Waals surface area contributed by atoms with Crippen LogP contribution in [0.2, 0.25) is 0 Å². The highest BCUT2D eigenvalue weighted by atomic mass is 32.1. The zero-order chi connectivity index (χ0) is 18.6. The van der Waals surface area contributed by atoms with Crippen molar-refractivity contribution in [3.63, 3.8) is 0 Å². The lowest BCUT2D eigenvalue weighted by atomic mass is 10.1. The molecule has 2 amide bonds. The fourth-order valence-electron chi connectivity index (χ4n) is 2.38. The SMILES string of the molecule is O=C(NCCc1ccc(-c2ccoc2)s1)Nc1ccccc1C(F)(F)F. The number of hydrogen-bond acceptors (Lipinski definition) is 3. The number of rotatable bonds is 5. The Morgan fingerprint density at radius 1 is 1.12 bits per heavy atom. The van der Waals surface area contributed by atoms with Crippen LogP contribution >= 0.6 is 11.3 Å². The first-order valence-electron chi connectivity index (χ1n) is 7.76. The first-order chi connectivity index (χ1) is 12.4. The number of urea groups is 1. The van der Waals surface area contributed by atoms with Crippen LogP contribution in [0.5, 0.6) is 0 Å². The number of thiophene rings is 1. The summed E-state index contributed by atoms with van der Waals surface area (Å²) in [6.07, 6.45) is -0.694. The van der Waals surface area contributed by atoms with Crippen LogP contribution < -0.4 is 10.6 Å². The zero-order valence-corrected chi connectivity index (χ0v) is 14.3. The minimum Gasteiger partial charge on any atom is -0.472 e. The average Bonchev–Trinajstić information content (AvgIpc) is 3.25. The quantitative estimate of drug-likeness (QED) is 0.623. The van der Waals surface area contributed by atoms with E-state index < -0.39 is 17.8 Å². The highest BCUT2D eigenvalue weighted by molar-refractivity contribution is 7.15. The largest absolute Gasteiger partial charge is 0.472 e. The van der Waals surface area contributed by atoms with Gasteiger partial charge in [0.15, 0.2) is 0 Å². The third-order valence-electron chi connectivity index (χ3n) is 3.60. The molecule has 4 nitrogen and oxygen atoms in total. The molecule has 0 saturated heterocycles. The third-order valence-corrected chi connectivity index (χ3v) is 4.80. The molecular weight excluding hydrogens is 365 g/mol. The number of halogens is 3. The molecule has 2 heterocycles. The van der Waals surface area contributed by atoms with Crippen molar-refractivity contribution in [3.8, 4) is 10.4 Å². The Morgan fingerprint density at radius 3 is 2.65 bits per heavy atom. The average molecular weight is 380 g/mol. The second-order valence-corrected chi connectivity index (χ2v) is 6.62. The van der Waals surface area contributed by atoms with E-state index >= 15 is 0 Å². The molecular formula is C18H15F3N2O2S.